The molecule has 222 valence electrons. The third-order valence-corrected chi connectivity index (χ3v) is 10.8. The number of thiophene rings is 1. The molecule has 4 nitrogen and oxygen atoms in total. The molecule has 0 radical (unpaired) electrons. The number of benzene rings is 7. The molecule has 0 saturated heterocycles. The van der Waals surface area contributed by atoms with Crippen LogP contribution in [0.15, 0.2) is 144 Å². The zero-order valence-corrected chi connectivity index (χ0v) is 26.3. The fourth-order valence-electron chi connectivity index (χ4n) is 7.58. The van der Waals surface area contributed by atoms with Gasteiger partial charge in [0.25, 0.3) is 0 Å². The summed E-state index contributed by atoms with van der Waals surface area (Å²) in [5.41, 5.74) is 5.76. The van der Waals surface area contributed by atoms with E-state index in [-0.39, 0.29) is 0 Å². The number of para-hydroxylation sites is 1. The van der Waals surface area contributed by atoms with Gasteiger partial charge in [0.05, 0.1) is 10.2 Å². The Labute approximate surface area is 277 Å². The molecule has 0 fully saturated rings. The fourth-order valence-corrected chi connectivity index (χ4v) is 8.79. The second-order valence-electron chi connectivity index (χ2n) is 12.3. The molecule has 11 rings (SSSR count). The van der Waals surface area contributed by atoms with Gasteiger partial charge in [-0.2, -0.15) is 0 Å². The molecule has 0 saturated carbocycles. The second-order valence-corrected chi connectivity index (χ2v) is 13.3. The van der Waals surface area contributed by atoms with Crippen molar-refractivity contribution in [1.29, 1.82) is 0 Å². The van der Waals surface area contributed by atoms with Crippen molar-refractivity contribution < 1.29 is 4.42 Å². The van der Waals surface area contributed by atoms with Crippen LogP contribution in [0.4, 0.5) is 0 Å². The summed E-state index contributed by atoms with van der Waals surface area (Å²) in [6.45, 7) is 0. The van der Waals surface area contributed by atoms with Crippen molar-refractivity contribution in [2.24, 2.45) is 0 Å². The first-order valence-corrected chi connectivity index (χ1v) is 16.9. The number of hydrogen-bond acceptors (Lipinski definition) is 5. The van der Waals surface area contributed by atoms with E-state index in [4.69, 9.17) is 19.4 Å². The quantitative estimate of drug-likeness (QED) is 0.179. The topological polar surface area (TPSA) is 51.8 Å². The summed E-state index contributed by atoms with van der Waals surface area (Å²) in [5.74, 6) is 0.581. The molecule has 0 bridgehead atoms. The molecule has 0 amide bonds. The van der Waals surface area contributed by atoms with Gasteiger partial charge < -0.3 is 4.42 Å². The van der Waals surface area contributed by atoms with Crippen molar-refractivity contribution in [1.82, 2.24) is 15.0 Å². The third kappa shape index (κ3) is 3.51. The van der Waals surface area contributed by atoms with E-state index in [1.807, 2.05) is 29.5 Å². The molecule has 48 heavy (non-hydrogen) atoms. The number of rotatable bonds is 2. The largest absolute Gasteiger partial charge is 0.452 e. The maximum Gasteiger partial charge on any atom is 0.180 e. The van der Waals surface area contributed by atoms with Gasteiger partial charge in [-0.15, -0.1) is 11.3 Å². The van der Waals surface area contributed by atoms with Crippen LogP contribution in [0.2, 0.25) is 0 Å². The molecule has 7 aromatic carbocycles. The van der Waals surface area contributed by atoms with Crippen LogP contribution in [0.5, 0.6) is 0 Å². The molecule has 4 heterocycles. The summed E-state index contributed by atoms with van der Waals surface area (Å²) >= 11 is 1.81. The fraction of sp³-hybridized carbons (Fsp3) is 0. The van der Waals surface area contributed by atoms with Crippen molar-refractivity contribution in [3.63, 3.8) is 0 Å². The summed E-state index contributed by atoms with van der Waals surface area (Å²) in [5, 5.41) is 11.5. The van der Waals surface area contributed by atoms with E-state index < -0.39 is 0 Å². The average Bonchev–Trinajstić information content (AvgIpc) is 3.73. The number of fused-ring (bicyclic) bond motifs is 14. The van der Waals surface area contributed by atoms with Crippen molar-refractivity contribution in [3.05, 3.63) is 140 Å². The van der Waals surface area contributed by atoms with Crippen LogP contribution in [-0.4, -0.2) is 15.0 Å². The van der Waals surface area contributed by atoms with E-state index in [0.29, 0.717) is 11.4 Å². The van der Waals surface area contributed by atoms with Crippen LogP contribution in [0.3, 0.4) is 0 Å². The minimum absolute atomic E-state index is 0.581. The van der Waals surface area contributed by atoms with Crippen LogP contribution in [0, 0.1) is 0 Å². The Balaban J connectivity index is 1.33. The van der Waals surface area contributed by atoms with E-state index in [2.05, 4.69) is 121 Å². The van der Waals surface area contributed by atoms with Gasteiger partial charge in [0, 0.05) is 37.2 Å². The van der Waals surface area contributed by atoms with Crippen molar-refractivity contribution >= 4 is 96.8 Å². The highest BCUT2D eigenvalue weighted by molar-refractivity contribution is 7.27. The monoisotopic (exact) mass is 629 g/mol. The Bertz CT molecular complexity index is 3130. The standard InChI is InChI=1S/C43H23N3OS/c1-2-14-25-24(12-1)13-11-21-29(25)37-41-38(31-19-7-9-22-33(31)47-41)46-43(45-37)39-30-18-6-5-17-28(30)35-26-15-3-4-16-27(26)36-32-20-8-10-23-34(32)48-42(36)40(35)44-39/h1-23H. The second kappa shape index (κ2) is 9.67. The molecule has 0 aliphatic rings. The zero-order valence-electron chi connectivity index (χ0n) is 25.4. The lowest BCUT2D eigenvalue weighted by atomic mass is 9.95. The lowest BCUT2D eigenvalue weighted by Gasteiger charge is -2.14. The molecule has 0 aliphatic heterocycles. The molecule has 4 aromatic heterocycles. The van der Waals surface area contributed by atoms with Crippen LogP contribution in [0.25, 0.3) is 108 Å². The Morgan fingerprint density at radius 1 is 0.438 bits per heavy atom. The molecule has 0 spiro atoms. The highest BCUT2D eigenvalue weighted by Crippen LogP contribution is 2.47. The van der Waals surface area contributed by atoms with Gasteiger partial charge in [0.1, 0.15) is 22.5 Å². The molecular weight excluding hydrogens is 607 g/mol. The zero-order chi connectivity index (χ0) is 31.3. The van der Waals surface area contributed by atoms with Crippen LogP contribution in [0.1, 0.15) is 0 Å². The maximum absolute atomic E-state index is 6.53. The van der Waals surface area contributed by atoms with Crippen LogP contribution in [-0.2, 0) is 0 Å². The lowest BCUT2D eigenvalue weighted by molar-refractivity contribution is 0.667. The summed E-state index contributed by atoms with van der Waals surface area (Å²) in [6, 6.07) is 48.8. The van der Waals surface area contributed by atoms with Crippen molar-refractivity contribution in [3.8, 4) is 22.8 Å². The highest BCUT2D eigenvalue weighted by atomic mass is 32.1. The summed E-state index contributed by atoms with van der Waals surface area (Å²) in [4.78, 5) is 16.2. The molecule has 11 aromatic rings. The lowest BCUT2D eigenvalue weighted by Crippen LogP contribution is -1.98. The van der Waals surface area contributed by atoms with Crippen LogP contribution < -0.4 is 0 Å². The Morgan fingerprint density at radius 2 is 1.06 bits per heavy atom. The number of aromatic nitrogens is 3. The van der Waals surface area contributed by atoms with E-state index in [1.165, 1.54) is 30.9 Å². The molecule has 0 N–H and O–H groups in total. The van der Waals surface area contributed by atoms with Gasteiger partial charge in [-0.1, -0.05) is 121 Å². The smallest absolute Gasteiger partial charge is 0.180 e. The van der Waals surface area contributed by atoms with Crippen molar-refractivity contribution in [2.75, 3.05) is 0 Å². The summed E-state index contributed by atoms with van der Waals surface area (Å²) in [7, 11) is 0. The Hall–Kier alpha value is -6.17. The van der Waals surface area contributed by atoms with Gasteiger partial charge in [0.15, 0.2) is 11.4 Å². The number of nitrogens with zero attached hydrogens (tertiary/aromatic N) is 3. The van der Waals surface area contributed by atoms with E-state index in [9.17, 15) is 0 Å². The normalized spacial score (nSPS) is 12.2. The minimum Gasteiger partial charge on any atom is -0.452 e. The minimum atomic E-state index is 0.581. The van der Waals surface area contributed by atoms with Gasteiger partial charge in [-0.25, -0.2) is 15.0 Å². The third-order valence-electron chi connectivity index (χ3n) is 9.66. The van der Waals surface area contributed by atoms with E-state index in [1.54, 1.807) is 0 Å². The number of furan rings is 1. The molecule has 0 aliphatic carbocycles. The van der Waals surface area contributed by atoms with Gasteiger partial charge in [0.2, 0.25) is 0 Å². The first kappa shape index (κ1) is 26.0. The average molecular weight is 630 g/mol. The Morgan fingerprint density at radius 3 is 1.90 bits per heavy atom. The molecular formula is C43H23N3OS. The van der Waals surface area contributed by atoms with Gasteiger partial charge >= 0.3 is 0 Å². The number of hydrogen-bond donors (Lipinski definition) is 0. The molecule has 5 heteroatoms. The van der Waals surface area contributed by atoms with Crippen molar-refractivity contribution in [2.45, 2.75) is 0 Å². The maximum atomic E-state index is 6.53. The highest BCUT2D eigenvalue weighted by Gasteiger charge is 2.23. The predicted molar refractivity (Wildman–Crippen MR) is 201 cm³/mol. The number of pyridine rings is 1. The summed E-state index contributed by atoms with van der Waals surface area (Å²) < 4.78 is 8.97. The first-order valence-electron chi connectivity index (χ1n) is 16.0. The predicted octanol–water partition coefficient (Wildman–Crippen LogP) is 12.1. The van der Waals surface area contributed by atoms with Gasteiger partial charge in [-0.3, -0.25) is 0 Å². The van der Waals surface area contributed by atoms with Crippen LogP contribution >= 0.6 is 11.3 Å². The Kier molecular flexibility index (Phi) is 5.23. The molecule has 0 unspecified atom stereocenters. The summed E-state index contributed by atoms with van der Waals surface area (Å²) in [6.07, 6.45) is 0. The van der Waals surface area contributed by atoms with E-state index in [0.717, 1.165) is 65.9 Å². The molecule has 0 atom stereocenters. The van der Waals surface area contributed by atoms with Gasteiger partial charge in [-0.05, 0) is 45.1 Å². The SMILES string of the molecule is c1ccc2c(-c3nc(-c4nc5c6sc7ccccc7c6c6ccccc6c5c5ccccc45)nc4c3oc3ccccc34)cccc2c1. The van der Waals surface area contributed by atoms with E-state index >= 15 is 0 Å². The first-order chi connectivity index (χ1) is 23.8.